The molecule has 126 valence electrons. The second-order valence-corrected chi connectivity index (χ2v) is 6.99. The van der Waals surface area contributed by atoms with E-state index in [2.05, 4.69) is 0 Å². The van der Waals surface area contributed by atoms with Crippen molar-refractivity contribution >= 4 is 17.7 Å². The van der Waals surface area contributed by atoms with Gasteiger partial charge in [-0.25, -0.2) is 0 Å². The van der Waals surface area contributed by atoms with Crippen LogP contribution in [0.1, 0.15) is 36.5 Å². The van der Waals surface area contributed by atoms with Gasteiger partial charge in [-0.05, 0) is 25.2 Å². The third-order valence-corrected chi connectivity index (χ3v) is 5.74. The maximum absolute atomic E-state index is 12.7. The lowest BCUT2D eigenvalue weighted by atomic mass is 9.80. The molecule has 5 heteroatoms. The van der Waals surface area contributed by atoms with Gasteiger partial charge in [0.15, 0.2) is 6.10 Å². The summed E-state index contributed by atoms with van der Waals surface area (Å²) < 4.78 is 10.9. The summed E-state index contributed by atoms with van der Waals surface area (Å²) in [6.07, 6.45) is 1.20. The minimum absolute atomic E-state index is 0.00975. The van der Waals surface area contributed by atoms with Gasteiger partial charge in [-0.1, -0.05) is 37.3 Å². The highest BCUT2D eigenvalue weighted by Gasteiger charge is 2.64. The van der Waals surface area contributed by atoms with Crippen molar-refractivity contribution in [1.82, 2.24) is 0 Å². The minimum atomic E-state index is -0.799. The molecule has 2 aliphatic carbocycles. The molecule has 1 heterocycles. The Morgan fingerprint density at radius 3 is 2.71 bits per heavy atom. The van der Waals surface area contributed by atoms with Gasteiger partial charge < -0.3 is 9.47 Å². The van der Waals surface area contributed by atoms with Crippen LogP contribution in [-0.4, -0.2) is 29.9 Å². The molecule has 0 radical (unpaired) electrons. The molecule has 5 nitrogen and oxygen atoms in total. The Bertz CT molecular complexity index is 680. The Morgan fingerprint density at radius 2 is 2.00 bits per heavy atom. The van der Waals surface area contributed by atoms with E-state index in [4.69, 9.17) is 9.47 Å². The number of fused-ring (bicyclic) bond motifs is 1. The lowest BCUT2D eigenvalue weighted by Crippen LogP contribution is -2.37. The summed E-state index contributed by atoms with van der Waals surface area (Å²) in [5.74, 6) is -1.39. The van der Waals surface area contributed by atoms with Crippen LogP contribution in [0.3, 0.4) is 0 Å². The number of carbonyl (C=O) groups excluding carboxylic acids is 3. The minimum Gasteiger partial charge on any atom is -0.462 e. The molecule has 1 aromatic carbocycles. The highest BCUT2D eigenvalue weighted by Crippen LogP contribution is 2.58. The molecule has 6 atom stereocenters. The number of benzene rings is 1. The maximum Gasteiger partial charge on any atom is 0.310 e. The van der Waals surface area contributed by atoms with Crippen LogP contribution in [0.2, 0.25) is 0 Å². The van der Waals surface area contributed by atoms with Crippen LogP contribution in [0.15, 0.2) is 30.3 Å². The summed E-state index contributed by atoms with van der Waals surface area (Å²) in [7, 11) is 0. The van der Waals surface area contributed by atoms with Crippen molar-refractivity contribution in [1.29, 1.82) is 0 Å². The fraction of sp³-hybridized carbons (Fsp3) is 0.526. The van der Waals surface area contributed by atoms with Gasteiger partial charge in [0.1, 0.15) is 6.10 Å². The van der Waals surface area contributed by atoms with Gasteiger partial charge in [-0.3, -0.25) is 14.4 Å². The maximum atomic E-state index is 12.7. The molecule has 0 amide bonds. The Balaban J connectivity index is 1.49. The van der Waals surface area contributed by atoms with Crippen LogP contribution in [-0.2, 0) is 19.1 Å². The zero-order valence-electron chi connectivity index (χ0n) is 13.5. The molecule has 3 fully saturated rings. The second-order valence-electron chi connectivity index (χ2n) is 6.99. The van der Waals surface area contributed by atoms with E-state index in [1.54, 1.807) is 24.3 Å². The van der Waals surface area contributed by atoms with Crippen LogP contribution in [0.25, 0.3) is 0 Å². The SMILES string of the molecule is CC[C@@H](OC(=O)[C@H]1[C@@H]2C[C@H]3[C@@H]1C(=O)O[C@@H]3C2)C(=O)c1ccccc1. The molecule has 0 aromatic heterocycles. The van der Waals surface area contributed by atoms with Crippen molar-refractivity contribution in [3.8, 4) is 0 Å². The smallest absolute Gasteiger partial charge is 0.310 e. The zero-order chi connectivity index (χ0) is 16.8. The Kier molecular flexibility index (Phi) is 3.66. The van der Waals surface area contributed by atoms with E-state index in [0.29, 0.717) is 12.0 Å². The van der Waals surface area contributed by atoms with Gasteiger partial charge in [-0.15, -0.1) is 0 Å². The standard InChI is InChI=1S/C19H20O5/c1-2-13(17(20)10-6-4-3-5-7-10)23-18(21)15-11-8-12-14(9-11)24-19(22)16(12)15/h3-7,11-16H,2,8-9H2,1H3/t11-,12-,13-,14-,15+,16+/m1/s1. The zero-order valence-corrected chi connectivity index (χ0v) is 13.5. The Morgan fingerprint density at radius 1 is 1.25 bits per heavy atom. The predicted molar refractivity (Wildman–Crippen MR) is 84.0 cm³/mol. The van der Waals surface area contributed by atoms with Gasteiger partial charge in [0.25, 0.3) is 0 Å². The van der Waals surface area contributed by atoms with Crippen LogP contribution in [0.5, 0.6) is 0 Å². The van der Waals surface area contributed by atoms with Crippen LogP contribution >= 0.6 is 0 Å². The molecule has 2 bridgehead atoms. The molecule has 0 spiro atoms. The van der Waals surface area contributed by atoms with E-state index < -0.39 is 18.0 Å². The summed E-state index contributed by atoms with van der Waals surface area (Å²) in [5.41, 5.74) is 0.533. The van der Waals surface area contributed by atoms with E-state index in [9.17, 15) is 14.4 Å². The first-order chi connectivity index (χ1) is 11.6. The average molecular weight is 328 g/mol. The molecular weight excluding hydrogens is 308 g/mol. The van der Waals surface area contributed by atoms with E-state index in [0.717, 1.165) is 12.8 Å². The molecular formula is C19H20O5. The van der Waals surface area contributed by atoms with Gasteiger partial charge in [0, 0.05) is 11.5 Å². The highest BCUT2D eigenvalue weighted by atomic mass is 16.6. The van der Waals surface area contributed by atoms with Gasteiger partial charge in [0.05, 0.1) is 11.8 Å². The summed E-state index contributed by atoms with van der Waals surface area (Å²) in [6, 6.07) is 8.84. The topological polar surface area (TPSA) is 69.7 Å². The van der Waals surface area contributed by atoms with E-state index in [-0.39, 0.29) is 35.6 Å². The quantitative estimate of drug-likeness (QED) is 0.613. The van der Waals surface area contributed by atoms with Crippen LogP contribution in [0, 0.1) is 23.7 Å². The molecule has 24 heavy (non-hydrogen) atoms. The molecule has 1 aromatic rings. The molecule has 4 rings (SSSR count). The fourth-order valence-electron chi connectivity index (χ4n) is 4.65. The normalized spacial score (nSPS) is 34.0. The molecule has 2 saturated carbocycles. The first kappa shape index (κ1) is 15.4. The van der Waals surface area contributed by atoms with Crippen LogP contribution in [0.4, 0.5) is 0 Å². The predicted octanol–water partition coefficient (Wildman–Crippen LogP) is 2.39. The molecule has 0 unspecified atom stereocenters. The van der Waals surface area contributed by atoms with Crippen molar-refractivity contribution < 1.29 is 23.9 Å². The molecule has 3 aliphatic rings. The van der Waals surface area contributed by atoms with Crippen molar-refractivity contribution in [2.45, 2.75) is 38.4 Å². The lowest BCUT2D eigenvalue weighted by Gasteiger charge is -2.25. The number of esters is 2. The Hall–Kier alpha value is -2.17. The summed E-state index contributed by atoms with van der Waals surface area (Å²) >= 11 is 0. The van der Waals surface area contributed by atoms with Crippen molar-refractivity contribution in [3.63, 3.8) is 0 Å². The number of hydrogen-bond donors (Lipinski definition) is 0. The third kappa shape index (κ3) is 2.26. The van der Waals surface area contributed by atoms with Gasteiger partial charge in [0.2, 0.25) is 5.78 Å². The average Bonchev–Trinajstić information content (AvgIpc) is 3.21. The molecule has 0 N–H and O–H groups in total. The van der Waals surface area contributed by atoms with Crippen molar-refractivity contribution in [2.24, 2.45) is 23.7 Å². The first-order valence-corrected chi connectivity index (χ1v) is 8.60. The van der Waals surface area contributed by atoms with Crippen molar-refractivity contribution in [2.75, 3.05) is 0 Å². The third-order valence-electron chi connectivity index (χ3n) is 5.74. The Labute approximate surface area is 140 Å². The highest BCUT2D eigenvalue weighted by molar-refractivity contribution is 6.00. The van der Waals surface area contributed by atoms with Crippen molar-refractivity contribution in [3.05, 3.63) is 35.9 Å². The van der Waals surface area contributed by atoms with E-state index >= 15 is 0 Å². The monoisotopic (exact) mass is 328 g/mol. The first-order valence-electron chi connectivity index (χ1n) is 8.60. The number of carbonyl (C=O) groups is 3. The van der Waals surface area contributed by atoms with Gasteiger partial charge >= 0.3 is 11.9 Å². The summed E-state index contributed by atoms with van der Waals surface area (Å²) in [6.45, 7) is 1.82. The van der Waals surface area contributed by atoms with E-state index in [1.165, 1.54) is 0 Å². The number of ether oxygens (including phenoxy) is 2. The van der Waals surface area contributed by atoms with Gasteiger partial charge in [-0.2, -0.15) is 0 Å². The molecule has 1 aliphatic heterocycles. The fourth-order valence-corrected chi connectivity index (χ4v) is 4.65. The lowest BCUT2D eigenvalue weighted by molar-refractivity contribution is -0.158. The number of rotatable bonds is 5. The molecule has 1 saturated heterocycles. The number of Topliss-reactive ketones (excluding diaryl/α,β-unsaturated/α-hetero) is 1. The van der Waals surface area contributed by atoms with E-state index in [1.807, 2.05) is 13.0 Å². The summed E-state index contributed by atoms with van der Waals surface area (Å²) in [4.78, 5) is 37.3. The number of ketones is 1. The number of hydrogen-bond acceptors (Lipinski definition) is 5. The second kappa shape index (κ2) is 5.72. The summed E-state index contributed by atoms with van der Waals surface area (Å²) in [5, 5.41) is 0. The van der Waals surface area contributed by atoms with Crippen LogP contribution < -0.4 is 0 Å². The largest absolute Gasteiger partial charge is 0.462 e.